The zero-order chi connectivity index (χ0) is 14.3. The van der Waals surface area contributed by atoms with E-state index in [0.717, 1.165) is 40.3 Å². The standard InChI is InChI=1S/C17H16ClNO/c1-3-11-13(18)9-10-15-16(11)17(20)12-7-5-6-8-14(12)19(15)4-2/h5-10H,3-4H2,1-2H3. The normalized spacial score (nSPS) is 11.3. The first-order valence-electron chi connectivity index (χ1n) is 6.91. The van der Waals surface area contributed by atoms with Gasteiger partial charge in [0, 0.05) is 17.0 Å². The summed E-state index contributed by atoms with van der Waals surface area (Å²) in [6.45, 7) is 4.95. The number of aryl methyl sites for hydroxylation is 2. The number of benzene rings is 2. The van der Waals surface area contributed by atoms with Gasteiger partial charge in [-0.2, -0.15) is 0 Å². The summed E-state index contributed by atoms with van der Waals surface area (Å²) in [6, 6.07) is 11.6. The molecular formula is C17H16ClNO. The second-order valence-corrected chi connectivity index (χ2v) is 5.27. The Morgan fingerprint density at radius 3 is 2.50 bits per heavy atom. The Morgan fingerprint density at radius 2 is 1.80 bits per heavy atom. The lowest BCUT2D eigenvalue weighted by Crippen LogP contribution is -2.12. The van der Waals surface area contributed by atoms with Crippen LogP contribution in [0.1, 0.15) is 19.4 Å². The molecule has 0 fully saturated rings. The maximum absolute atomic E-state index is 12.8. The molecule has 0 aliphatic carbocycles. The zero-order valence-corrected chi connectivity index (χ0v) is 12.4. The van der Waals surface area contributed by atoms with Crippen LogP contribution in [0, 0.1) is 0 Å². The zero-order valence-electron chi connectivity index (χ0n) is 11.6. The number of rotatable bonds is 2. The van der Waals surface area contributed by atoms with E-state index in [4.69, 9.17) is 11.6 Å². The number of pyridine rings is 1. The van der Waals surface area contributed by atoms with E-state index >= 15 is 0 Å². The Kier molecular flexibility index (Phi) is 3.27. The highest BCUT2D eigenvalue weighted by Gasteiger charge is 2.14. The second-order valence-electron chi connectivity index (χ2n) is 4.86. The van der Waals surface area contributed by atoms with Gasteiger partial charge in [-0.15, -0.1) is 0 Å². The summed E-state index contributed by atoms with van der Waals surface area (Å²) >= 11 is 6.27. The van der Waals surface area contributed by atoms with Crippen LogP contribution < -0.4 is 5.43 Å². The average Bonchev–Trinajstić information content (AvgIpc) is 2.48. The van der Waals surface area contributed by atoms with Crippen LogP contribution in [0.15, 0.2) is 41.2 Å². The van der Waals surface area contributed by atoms with Gasteiger partial charge in [-0.1, -0.05) is 30.7 Å². The van der Waals surface area contributed by atoms with Crippen molar-refractivity contribution in [3.05, 3.63) is 57.2 Å². The molecule has 0 radical (unpaired) electrons. The van der Waals surface area contributed by atoms with Crippen molar-refractivity contribution in [3.63, 3.8) is 0 Å². The maximum Gasteiger partial charge on any atom is 0.197 e. The third-order valence-corrected chi connectivity index (χ3v) is 4.21. The second kappa shape index (κ2) is 4.95. The lowest BCUT2D eigenvalue weighted by molar-refractivity contribution is 0.820. The molecule has 0 saturated carbocycles. The number of fused-ring (bicyclic) bond motifs is 2. The molecule has 1 heterocycles. The average molecular weight is 286 g/mol. The quantitative estimate of drug-likeness (QED) is 0.640. The molecule has 1 aromatic heterocycles. The van der Waals surface area contributed by atoms with Crippen molar-refractivity contribution in [3.8, 4) is 0 Å². The molecule has 0 N–H and O–H groups in total. The summed E-state index contributed by atoms with van der Waals surface area (Å²) in [4.78, 5) is 12.8. The highest BCUT2D eigenvalue weighted by molar-refractivity contribution is 6.32. The van der Waals surface area contributed by atoms with E-state index in [0.29, 0.717) is 5.02 Å². The van der Waals surface area contributed by atoms with E-state index in [1.165, 1.54) is 0 Å². The van der Waals surface area contributed by atoms with E-state index in [2.05, 4.69) is 11.5 Å². The number of hydrogen-bond acceptors (Lipinski definition) is 1. The van der Waals surface area contributed by atoms with Crippen molar-refractivity contribution in [1.29, 1.82) is 0 Å². The van der Waals surface area contributed by atoms with Crippen molar-refractivity contribution in [2.24, 2.45) is 0 Å². The number of para-hydroxylation sites is 1. The van der Waals surface area contributed by atoms with E-state index in [1.54, 1.807) is 0 Å². The number of halogens is 1. The van der Waals surface area contributed by atoms with Crippen molar-refractivity contribution in [2.45, 2.75) is 26.8 Å². The van der Waals surface area contributed by atoms with Gasteiger partial charge in [-0.25, -0.2) is 0 Å². The fraction of sp³-hybridized carbons (Fsp3) is 0.235. The first-order chi connectivity index (χ1) is 9.69. The molecule has 3 rings (SSSR count). The lowest BCUT2D eigenvalue weighted by atomic mass is 10.0. The summed E-state index contributed by atoms with van der Waals surface area (Å²) in [5, 5.41) is 2.20. The minimum absolute atomic E-state index is 0.0830. The lowest BCUT2D eigenvalue weighted by Gasteiger charge is -2.15. The van der Waals surface area contributed by atoms with Crippen molar-refractivity contribution in [1.82, 2.24) is 4.57 Å². The van der Waals surface area contributed by atoms with Crippen LogP contribution in [0.2, 0.25) is 5.02 Å². The smallest absolute Gasteiger partial charge is 0.197 e. The van der Waals surface area contributed by atoms with Gasteiger partial charge >= 0.3 is 0 Å². The SMILES string of the molecule is CCc1c(Cl)ccc2c1c(=O)c1ccccc1n2CC. The molecule has 3 heteroatoms. The van der Waals surface area contributed by atoms with Gasteiger partial charge in [-0.05, 0) is 43.2 Å². The summed E-state index contributed by atoms with van der Waals surface area (Å²) in [7, 11) is 0. The largest absolute Gasteiger partial charge is 0.341 e. The van der Waals surface area contributed by atoms with E-state index in [-0.39, 0.29) is 5.43 Å². The van der Waals surface area contributed by atoms with Crippen molar-refractivity contribution in [2.75, 3.05) is 0 Å². The van der Waals surface area contributed by atoms with Gasteiger partial charge in [0.1, 0.15) is 0 Å². The number of nitrogens with zero attached hydrogens (tertiary/aromatic N) is 1. The van der Waals surface area contributed by atoms with Gasteiger partial charge in [-0.3, -0.25) is 4.79 Å². The third kappa shape index (κ3) is 1.75. The Bertz CT molecular complexity index is 864. The van der Waals surface area contributed by atoms with Gasteiger partial charge in [0.15, 0.2) is 5.43 Å². The first kappa shape index (κ1) is 13.2. The number of aromatic nitrogens is 1. The van der Waals surface area contributed by atoms with Crippen LogP contribution in [-0.2, 0) is 13.0 Å². The topological polar surface area (TPSA) is 22.0 Å². The van der Waals surface area contributed by atoms with Crippen LogP contribution >= 0.6 is 11.6 Å². The van der Waals surface area contributed by atoms with Crippen molar-refractivity contribution < 1.29 is 0 Å². The van der Waals surface area contributed by atoms with Crippen LogP contribution in [0.3, 0.4) is 0 Å². The van der Waals surface area contributed by atoms with E-state index < -0.39 is 0 Å². The molecular weight excluding hydrogens is 270 g/mol. The molecule has 2 nitrogen and oxygen atoms in total. The van der Waals surface area contributed by atoms with E-state index in [1.807, 2.05) is 43.3 Å². The predicted molar refractivity (Wildman–Crippen MR) is 85.8 cm³/mol. The third-order valence-electron chi connectivity index (χ3n) is 3.86. The Morgan fingerprint density at radius 1 is 1.05 bits per heavy atom. The summed E-state index contributed by atoms with van der Waals surface area (Å²) in [5.41, 5.74) is 2.98. The number of hydrogen-bond donors (Lipinski definition) is 0. The van der Waals surface area contributed by atoms with E-state index in [9.17, 15) is 4.79 Å². The minimum atomic E-state index is 0.0830. The monoisotopic (exact) mass is 285 g/mol. The fourth-order valence-corrected chi connectivity index (χ4v) is 3.23. The summed E-state index contributed by atoms with van der Waals surface area (Å²) in [5.74, 6) is 0. The molecule has 20 heavy (non-hydrogen) atoms. The molecule has 0 amide bonds. The molecule has 0 aliphatic heterocycles. The molecule has 2 aromatic carbocycles. The Hall–Kier alpha value is -1.80. The minimum Gasteiger partial charge on any atom is -0.341 e. The molecule has 0 aliphatic rings. The first-order valence-corrected chi connectivity index (χ1v) is 7.29. The molecule has 3 aromatic rings. The highest BCUT2D eigenvalue weighted by Crippen LogP contribution is 2.27. The molecule has 0 spiro atoms. The Labute approximate surface area is 122 Å². The predicted octanol–water partition coefficient (Wildman–Crippen LogP) is 4.39. The van der Waals surface area contributed by atoms with Crippen LogP contribution in [0.4, 0.5) is 0 Å². The fourth-order valence-electron chi connectivity index (χ4n) is 2.94. The van der Waals surface area contributed by atoms with Crippen LogP contribution in [0.5, 0.6) is 0 Å². The van der Waals surface area contributed by atoms with Crippen LogP contribution in [-0.4, -0.2) is 4.57 Å². The molecule has 0 bridgehead atoms. The molecule has 0 atom stereocenters. The summed E-state index contributed by atoms with van der Waals surface area (Å²) < 4.78 is 2.18. The Balaban J connectivity index is 2.67. The molecule has 0 saturated heterocycles. The molecule has 102 valence electrons. The maximum atomic E-state index is 12.8. The van der Waals surface area contributed by atoms with Crippen molar-refractivity contribution >= 4 is 33.4 Å². The van der Waals surface area contributed by atoms with Gasteiger partial charge in [0.2, 0.25) is 0 Å². The highest BCUT2D eigenvalue weighted by atomic mass is 35.5. The van der Waals surface area contributed by atoms with Gasteiger partial charge in [0.05, 0.1) is 16.4 Å². The van der Waals surface area contributed by atoms with Crippen LogP contribution in [0.25, 0.3) is 21.8 Å². The summed E-state index contributed by atoms with van der Waals surface area (Å²) in [6.07, 6.45) is 0.757. The van der Waals surface area contributed by atoms with Gasteiger partial charge in [0.25, 0.3) is 0 Å². The molecule has 0 unspecified atom stereocenters. The van der Waals surface area contributed by atoms with Gasteiger partial charge < -0.3 is 4.57 Å².